The Hall–Kier alpha value is -4.41. The number of carboxylic acids is 2. The van der Waals surface area contributed by atoms with Gasteiger partial charge >= 0.3 is 18.1 Å². The van der Waals surface area contributed by atoms with Crippen LogP contribution >= 0.6 is 0 Å². The number of rotatable bonds is 5. The molecule has 0 bridgehead atoms. The summed E-state index contributed by atoms with van der Waals surface area (Å²) in [5.41, 5.74) is 2.70. The van der Waals surface area contributed by atoms with Gasteiger partial charge in [0.25, 0.3) is 5.91 Å². The summed E-state index contributed by atoms with van der Waals surface area (Å²) in [4.78, 5) is 35.2. The summed E-state index contributed by atoms with van der Waals surface area (Å²) in [6, 6.07) is 20.3. The molecule has 11 heteroatoms. The molecule has 7 nitrogen and oxygen atoms in total. The molecule has 3 aromatic carbocycles. The minimum Gasteiger partial charge on any atom is -0.478 e. The number of aliphatic carboxylic acids is 1. The molecule has 3 N–H and O–H groups in total. The Morgan fingerprint density at radius 2 is 1.54 bits per heavy atom. The maximum atomic E-state index is 13.0. The number of halogens is 4. The fourth-order valence-corrected chi connectivity index (χ4v) is 3.84. The first-order valence-electron chi connectivity index (χ1n) is 11.0. The Balaban J connectivity index is 0.000000479. The van der Waals surface area contributed by atoms with E-state index >= 15 is 0 Å². The highest BCUT2D eigenvalue weighted by atomic mass is 19.4. The van der Waals surface area contributed by atoms with Gasteiger partial charge < -0.3 is 20.4 Å². The molecule has 194 valence electrons. The molecule has 0 radical (unpaired) electrons. The number of benzene rings is 3. The molecule has 3 aromatic rings. The van der Waals surface area contributed by atoms with Gasteiger partial charge in [0.15, 0.2) is 0 Å². The van der Waals surface area contributed by atoms with Crippen LogP contribution in [0.4, 0.5) is 28.9 Å². The molecule has 1 unspecified atom stereocenters. The number of carboxylic acid groups (broad SMARTS) is 2. The van der Waals surface area contributed by atoms with Gasteiger partial charge in [0.05, 0.1) is 11.3 Å². The van der Waals surface area contributed by atoms with Crippen LogP contribution in [0.25, 0.3) is 0 Å². The predicted octanol–water partition coefficient (Wildman–Crippen LogP) is 5.40. The minimum absolute atomic E-state index is 0.139. The summed E-state index contributed by atoms with van der Waals surface area (Å²) in [5.74, 6) is -4.31. The van der Waals surface area contributed by atoms with E-state index in [0.717, 1.165) is 19.5 Å². The van der Waals surface area contributed by atoms with Crippen LogP contribution in [0.15, 0.2) is 72.8 Å². The number of nitrogens with one attached hydrogen (secondary N) is 1. The van der Waals surface area contributed by atoms with Crippen LogP contribution in [0.2, 0.25) is 0 Å². The minimum atomic E-state index is -5.08. The summed E-state index contributed by atoms with van der Waals surface area (Å²) in [7, 11) is 0. The molecule has 1 aliphatic heterocycles. The topological polar surface area (TPSA) is 107 Å². The standard InChI is InChI=1S/C24H21FN2O3.C2HF3O2/c25-19-8-6-17(7-9-19)23(28)26-20-10-11-22(21(14-20)24(29)30)27-13-12-18(15-27)16-4-2-1-3-5-16;3-2(4,5)1(6)7/h1-11,14,18H,12-13,15H2,(H,26,28)(H,29,30);(H,6,7). The van der Waals surface area contributed by atoms with Crippen LogP contribution in [-0.4, -0.2) is 47.3 Å². The Kier molecular flexibility index (Phi) is 8.49. The SMILES string of the molecule is O=C(Nc1ccc(N2CCC(c3ccccc3)C2)c(C(=O)O)c1)c1ccc(F)cc1.O=C(O)C(F)(F)F. The van der Waals surface area contributed by atoms with E-state index in [4.69, 9.17) is 9.90 Å². The summed E-state index contributed by atoms with van der Waals surface area (Å²) < 4.78 is 44.8. The monoisotopic (exact) mass is 518 g/mol. The fraction of sp³-hybridized carbons (Fsp3) is 0.192. The van der Waals surface area contributed by atoms with Crippen LogP contribution in [0.3, 0.4) is 0 Å². The van der Waals surface area contributed by atoms with Gasteiger partial charge in [-0.05, 0) is 54.4 Å². The van der Waals surface area contributed by atoms with Crippen molar-refractivity contribution in [2.75, 3.05) is 23.3 Å². The second-order valence-electron chi connectivity index (χ2n) is 8.14. The lowest BCUT2D eigenvalue weighted by molar-refractivity contribution is -0.192. The highest BCUT2D eigenvalue weighted by Gasteiger charge is 2.38. The highest BCUT2D eigenvalue weighted by Crippen LogP contribution is 2.33. The molecule has 1 amide bonds. The quantitative estimate of drug-likeness (QED) is 0.391. The van der Waals surface area contributed by atoms with E-state index in [1.54, 1.807) is 12.1 Å². The highest BCUT2D eigenvalue weighted by molar-refractivity contribution is 6.05. The van der Waals surface area contributed by atoms with Gasteiger partial charge in [0, 0.05) is 30.3 Å². The van der Waals surface area contributed by atoms with Crippen molar-refractivity contribution in [2.24, 2.45) is 0 Å². The van der Waals surface area contributed by atoms with Crippen molar-refractivity contribution in [2.45, 2.75) is 18.5 Å². The third kappa shape index (κ3) is 7.29. The largest absolute Gasteiger partial charge is 0.490 e. The van der Waals surface area contributed by atoms with Crippen LogP contribution in [0, 0.1) is 5.82 Å². The first-order valence-corrected chi connectivity index (χ1v) is 11.0. The Morgan fingerprint density at radius 3 is 2.11 bits per heavy atom. The van der Waals surface area contributed by atoms with Gasteiger partial charge in [-0.3, -0.25) is 4.79 Å². The predicted molar refractivity (Wildman–Crippen MR) is 127 cm³/mol. The number of nitrogens with zero attached hydrogens (tertiary/aromatic N) is 1. The number of carbonyl (C=O) groups is 3. The van der Waals surface area contributed by atoms with Crippen LogP contribution < -0.4 is 10.2 Å². The van der Waals surface area contributed by atoms with Crippen molar-refractivity contribution >= 4 is 29.2 Å². The van der Waals surface area contributed by atoms with Gasteiger partial charge in [-0.25, -0.2) is 14.0 Å². The van der Waals surface area contributed by atoms with Gasteiger partial charge in [-0.15, -0.1) is 0 Å². The van der Waals surface area contributed by atoms with Gasteiger partial charge in [0.1, 0.15) is 5.82 Å². The molecule has 0 spiro atoms. The molecular weight excluding hydrogens is 496 g/mol. The van der Waals surface area contributed by atoms with Crippen LogP contribution in [0.1, 0.15) is 38.6 Å². The zero-order chi connectivity index (χ0) is 27.2. The molecule has 1 saturated heterocycles. The number of hydrogen-bond acceptors (Lipinski definition) is 4. The Labute approximate surface area is 209 Å². The zero-order valence-corrected chi connectivity index (χ0v) is 19.2. The first kappa shape index (κ1) is 27.2. The van der Waals surface area contributed by atoms with Crippen molar-refractivity contribution < 1.29 is 42.2 Å². The smallest absolute Gasteiger partial charge is 0.478 e. The lowest BCUT2D eigenvalue weighted by Crippen LogP contribution is -2.22. The fourth-order valence-electron chi connectivity index (χ4n) is 3.84. The van der Waals surface area contributed by atoms with Gasteiger partial charge in [-0.1, -0.05) is 30.3 Å². The van der Waals surface area contributed by atoms with Crippen LogP contribution in [0.5, 0.6) is 0 Å². The van der Waals surface area contributed by atoms with Gasteiger partial charge in [0.2, 0.25) is 0 Å². The van der Waals surface area contributed by atoms with Crippen molar-refractivity contribution in [3.8, 4) is 0 Å². The number of hydrogen-bond donors (Lipinski definition) is 3. The second kappa shape index (κ2) is 11.5. The third-order valence-corrected chi connectivity index (χ3v) is 5.63. The lowest BCUT2D eigenvalue weighted by Gasteiger charge is -2.21. The van der Waals surface area contributed by atoms with Crippen molar-refractivity contribution in [1.82, 2.24) is 0 Å². The number of aromatic carboxylic acids is 1. The van der Waals surface area contributed by atoms with E-state index in [2.05, 4.69) is 22.3 Å². The average Bonchev–Trinajstić information content (AvgIpc) is 3.35. The average molecular weight is 518 g/mol. The van der Waals surface area contributed by atoms with Crippen molar-refractivity contribution in [3.63, 3.8) is 0 Å². The van der Waals surface area contributed by atoms with E-state index < -0.39 is 29.8 Å². The third-order valence-electron chi connectivity index (χ3n) is 5.63. The maximum Gasteiger partial charge on any atom is 0.490 e. The summed E-state index contributed by atoms with van der Waals surface area (Å²) in [5, 5.41) is 19.5. The number of carbonyl (C=O) groups excluding carboxylic acids is 1. The lowest BCUT2D eigenvalue weighted by atomic mass is 9.99. The van der Waals surface area contributed by atoms with E-state index in [1.165, 1.54) is 35.9 Å². The molecular formula is C26H22F4N2O5. The molecule has 0 saturated carbocycles. The number of anilines is 2. The summed E-state index contributed by atoms with van der Waals surface area (Å²) >= 11 is 0. The van der Waals surface area contributed by atoms with E-state index in [-0.39, 0.29) is 5.56 Å². The zero-order valence-electron chi connectivity index (χ0n) is 19.2. The molecule has 0 aromatic heterocycles. The number of alkyl halides is 3. The molecule has 37 heavy (non-hydrogen) atoms. The van der Waals surface area contributed by atoms with E-state index in [9.17, 15) is 32.3 Å². The number of amides is 1. The van der Waals surface area contributed by atoms with Crippen molar-refractivity contribution in [1.29, 1.82) is 0 Å². The van der Waals surface area contributed by atoms with E-state index in [0.29, 0.717) is 22.9 Å². The molecule has 1 atom stereocenters. The molecule has 1 heterocycles. The summed E-state index contributed by atoms with van der Waals surface area (Å²) in [6.45, 7) is 1.51. The normalized spacial score (nSPS) is 14.9. The molecule has 1 aliphatic rings. The van der Waals surface area contributed by atoms with Crippen LogP contribution in [-0.2, 0) is 4.79 Å². The van der Waals surface area contributed by atoms with Gasteiger partial charge in [-0.2, -0.15) is 13.2 Å². The molecule has 0 aliphatic carbocycles. The summed E-state index contributed by atoms with van der Waals surface area (Å²) in [6.07, 6.45) is -4.13. The Morgan fingerprint density at radius 1 is 0.919 bits per heavy atom. The van der Waals surface area contributed by atoms with E-state index in [1.807, 2.05) is 18.2 Å². The van der Waals surface area contributed by atoms with Crippen molar-refractivity contribution in [3.05, 3.63) is 95.3 Å². The first-order chi connectivity index (χ1) is 17.5. The molecule has 4 rings (SSSR count). The molecule has 1 fully saturated rings. The second-order valence-corrected chi connectivity index (χ2v) is 8.14. The maximum absolute atomic E-state index is 13.0. The Bertz CT molecular complexity index is 1260.